The Kier molecular flexibility index (Phi) is 18.5. The van der Waals surface area contributed by atoms with Crippen LogP contribution in [-0.4, -0.2) is 54.0 Å². The molecule has 0 radical (unpaired) electrons. The topological polar surface area (TPSA) is 104 Å². The van der Waals surface area contributed by atoms with E-state index in [9.17, 15) is 14.7 Å². The molecule has 0 aromatic heterocycles. The molecule has 6 nitrogen and oxygen atoms in total. The van der Waals surface area contributed by atoms with E-state index in [2.05, 4.69) is 45.2 Å². The first-order valence-electron chi connectivity index (χ1n) is 17.2. The lowest BCUT2D eigenvalue weighted by molar-refractivity contribution is -0.140. The van der Waals surface area contributed by atoms with Crippen LogP contribution in [0.5, 0.6) is 0 Å². The molecule has 1 aromatic rings. The molecule has 1 unspecified atom stereocenters. The van der Waals surface area contributed by atoms with Crippen LogP contribution in [0.15, 0.2) is 42.5 Å². The summed E-state index contributed by atoms with van der Waals surface area (Å²) in [5, 5.41) is 27.0. The van der Waals surface area contributed by atoms with Gasteiger partial charge in [-0.2, -0.15) is 0 Å². The van der Waals surface area contributed by atoms with Gasteiger partial charge < -0.3 is 20.1 Å². The molecule has 1 atom stereocenters. The van der Waals surface area contributed by atoms with Crippen LogP contribution >= 0.6 is 0 Å². The molecule has 2 fully saturated rings. The van der Waals surface area contributed by atoms with Gasteiger partial charge in [0.05, 0.1) is 25.4 Å². The Morgan fingerprint density at radius 3 is 1.98 bits per heavy atom. The van der Waals surface area contributed by atoms with E-state index >= 15 is 0 Å². The molecule has 0 saturated heterocycles. The third-order valence-corrected chi connectivity index (χ3v) is 10.1. The quantitative estimate of drug-likeness (QED) is 0.0740. The van der Waals surface area contributed by atoms with E-state index in [0.29, 0.717) is 6.29 Å². The van der Waals surface area contributed by atoms with Crippen LogP contribution in [0.1, 0.15) is 120 Å². The number of aliphatic hydroxyl groups is 3. The van der Waals surface area contributed by atoms with Crippen LogP contribution in [0.4, 0.5) is 0 Å². The standard InChI is InChI=1S/C34H54O4.C4H6O2/c1-4-6-7-8-26-9-15-30(16-10-26)31-17-12-27(13-18-31)11-14-29-19-20-32(21-28(29)5-2)33(23-36)24-38-34(37)25(3)22-35;1-4(2-5)3-6/h19-21,26-27,30-31,33,35-36H,3-18,22-24H2,1-2H3;2,6H,1,3H2. The fourth-order valence-electron chi connectivity index (χ4n) is 7.05. The van der Waals surface area contributed by atoms with Gasteiger partial charge in [-0.1, -0.05) is 96.6 Å². The van der Waals surface area contributed by atoms with Gasteiger partial charge in [0.1, 0.15) is 12.9 Å². The first-order chi connectivity index (χ1) is 21.3. The van der Waals surface area contributed by atoms with Crippen molar-refractivity contribution >= 4 is 12.3 Å². The minimum atomic E-state index is -0.608. The van der Waals surface area contributed by atoms with E-state index in [1.165, 1.54) is 94.6 Å². The monoisotopic (exact) mass is 612 g/mol. The third-order valence-electron chi connectivity index (χ3n) is 10.1. The number of benzene rings is 1. The predicted octanol–water partition coefficient (Wildman–Crippen LogP) is 7.28. The smallest absolute Gasteiger partial charge is 0.335 e. The van der Waals surface area contributed by atoms with E-state index in [1.807, 2.05) is 0 Å². The zero-order chi connectivity index (χ0) is 32.3. The summed E-state index contributed by atoms with van der Waals surface area (Å²) in [6.45, 7) is 10.5. The average Bonchev–Trinajstić information content (AvgIpc) is 3.07. The highest BCUT2D eigenvalue weighted by Gasteiger charge is 2.30. The summed E-state index contributed by atoms with van der Waals surface area (Å²) in [6, 6.07) is 6.48. The molecular formula is C38H60O6. The molecule has 0 aliphatic heterocycles. The average molecular weight is 613 g/mol. The van der Waals surface area contributed by atoms with Gasteiger partial charge in [0.25, 0.3) is 0 Å². The zero-order valence-electron chi connectivity index (χ0n) is 27.6. The molecule has 3 N–H and O–H groups in total. The number of carbonyl (C=O) groups is 2. The summed E-state index contributed by atoms with van der Waals surface area (Å²) < 4.78 is 5.25. The van der Waals surface area contributed by atoms with Crippen molar-refractivity contribution in [3.8, 4) is 0 Å². The van der Waals surface area contributed by atoms with Crippen LogP contribution in [0.3, 0.4) is 0 Å². The van der Waals surface area contributed by atoms with E-state index in [4.69, 9.17) is 14.9 Å². The van der Waals surface area contributed by atoms with Crippen LogP contribution in [0, 0.1) is 23.7 Å². The second-order valence-electron chi connectivity index (χ2n) is 13.2. The maximum absolute atomic E-state index is 11.8. The largest absolute Gasteiger partial charge is 0.462 e. The van der Waals surface area contributed by atoms with Gasteiger partial charge in [-0.15, -0.1) is 0 Å². The maximum Gasteiger partial charge on any atom is 0.335 e. The molecule has 0 heterocycles. The Hall–Kier alpha value is -2.28. The Labute approximate surface area is 267 Å². The first-order valence-corrected chi connectivity index (χ1v) is 17.2. The Morgan fingerprint density at radius 1 is 0.886 bits per heavy atom. The number of rotatable bonds is 17. The van der Waals surface area contributed by atoms with Crippen LogP contribution in [-0.2, 0) is 27.2 Å². The number of hydrogen-bond acceptors (Lipinski definition) is 6. The number of esters is 1. The molecule has 3 rings (SSSR count). The van der Waals surface area contributed by atoms with Gasteiger partial charge in [-0.25, -0.2) is 4.79 Å². The zero-order valence-corrected chi connectivity index (χ0v) is 27.6. The number of hydrogen-bond donors (Lipinski definition) is 3. The SMILES string of the molecule is C=C(C=O)CO.C=C(CO)C(=O)OCC(CO)c1ccc(CCC2CCC(C3CCC(CCCCC)CC3)CC2)c(CC)c1. The summed E-state index contributed by atoms with van der Waals surface area (Å²) in [7, 11) is 0. The fraction of sp³-hybridized carbons (Fsp3) is 0.684. The number of ether oxygens (including phenoxy) is 1. The lowest BCUT2D eigenvalue weighted by atomic mass is 9.68. The summed E-state index contributed by atoms with van der Waals surface area (Å²) >= 11 is 0. The molecule has 0 amide bonds. The summed E-state index contributed by atoms with van der Waals surface area (Å²) in [6.07, 6.45) is 21.2. The van der Waals surface area contributed by atoms with E-state index in [0.717, 1.165) is 42.1 Å². The molecule has 2 aliphatic carbocycles. The number of aryl methyl sites for hydroxylation is 2. The van der Waals surface area contributed by atoms with Crippen molar-refractivity contribution in [2.75, 3.05) is 26.4 Å². The lowest BCUT2D eigenvalue weighted by Crippen LogP contribution is -2.26. The highest BCUT2D eigenvalue weighted by Crippen LogP contribution is 2.43. The van der Waals surface area contributed by atoms with Crippen LogP contribution in [0.25, 0.3) is 0 Å². The summed E-state index contributed by atoms with van der Waals surface area (Å²) in [5.74, 6) is 2.97. The predicted molar refractivity (Wildman–Crippen MR) is 178 cm³/mol. The lowest BCUT2D eigenvalue weighted by Gasteiger charge is -2.38. The highest BCUT2D eigenvalue weighted by molar-refractivity contribution is 5.87. The molecule has 6 heteroatoms. The van der Waals surface area contributed by atoms with Gasteiger partial charge >= 0.3 is 5.97 Å². The minimum absolute atomic E-state index is 0.0329. The Morgan fingerprint density at radius 2 is 1.50 bits per heavy atom. The minimum Gasteiger partial charge on any atom is -0.462 e. The second kappa shape index (κ2) is 21.5. The van der Waals surface area contributed by atoms with Gasteiger partial charge in [-0.3, -0.25) is 4.79 Å². The molecular weight excluding hydrogens is 552 g/mol. The van der Waals surface area contributed by atoms with Crippen molar-refractivity contribution in [1.29, 1.82) is 0 Å². The van der Waals surface area contributed by atoms with Crippen LogP contribution in [0.2, 0.25) is 0 Å². The molecule has 44 heavy (non-hydrogen) atoms. The normalized spacial score (nSPS) is 22.3. The highest BCUT2D eigenvalue weighted by atomic mass is 16.5. The van der Waals surface area contributed by atoms with Crippen molar-refractivity contribution in [3.63, 3.8) is 0 Å². The van der Waals surface area contributed by atoms with Crippen molar-refractivity contribution in [2.45, 2.75) is 116 Å². The van der Waals surface area contributed by atoms with Crippen molar-refractivity contribution in [2.24, 2.45) is 23.7 Å². The molecule has 0 spiro atoms. The molecule has 2 aliphatic rings. The Balaban J connectivity index is 0.00000102. The summed E-state index contributed by atoms with van der Waals surface area (Å²) in [5.41, 5.74) is 4.00. The second-order valence-corrected chi connectivity index (χ2v) is 13.2. The number of carbonyl (C=O) groups excluding carboxylic acids is 2. The summed E-state index contributed by atoms with van der Waals surface area (Å²) in [4.78, 5) is 21.3. The third kappa shape index (κ3) is 13.0. The first kappa shape index (κ1) is 37.9. The van der Waals surface area contributed by atoms with E-state index < -0.39 is 12.6 Å². The van der Waals surface area contributed by atoms with Gasteiger partial charge in [0.2, 0.25) is 0 Å². The number of unbranched alkanes of at least 4 members (excludes halogenated alkanes) is 2. The van der Waals surface area contributed by atoms with Gasteiger partial charge in [0.15, 0.2) is 0 Å². The van der Waals surface area contributed by atoms with E-state index in [-0.39, 0.29) is 36.9 Å². The molecule has 0 bridgehead atoms. The Bertz CT molecular complexity index is 1000. The number of aldehydes is 1. The van der Waals surface area contributed by atoms with Crippen molar-refractivity contribution < 1.29 is 29.6 Å². The van der Waals surface area contributed by atoms with Crippen molar-refractivity contribution in [1.82, 2.24) is 0 Å². The van der Waals surface area contributed by atoms with Gasteiger partial charge in [-0.05, 0) is 85.3 Å². The maximum atomic E-state index is 11.8. The van der Waals surface area contributed by atoms with E-state index in [1.54, 1.807) is 0 Å². The molecule has 1 aromatic carbocycles. The number of aliphatic hydroxyl groups excluding tert-OH is 3. The fourth-order valence-corrected chi connectivity index (χ4v) is 7.05. The van der Waals surface area contributed by atoms with Crippen molar-refractivity contribution in [3.05, 3.63) is 59.2 Å². The molecule has 248 valence electrons. The molecule has 2 saturated carbocycles. The van der Waals surface area contributed by atoms with Gasteiger partial charge in [0, 0.05) is 11.5 Å². The van der Waals surface area contributed by atoms with Crippen LogP contribution < -0.4 is 0 Å².